The molecule has 0 bridgehead atoms. The average molecular weight is 234 g/mol. The van der Waals surface area contributed by atoms with E-state index in [2.05, 4.69) is 35.6 Å². The molecule has 0 aromatic carbocycles. The van der Waals surface area contributed by atoms with Crippen molar-refractivity contribution in [3.63, 3.8) is 0 Å². The third-order valence-electron chi connectivity index (χ3n) is 3.21. The number of aromatic nitrogens is 2. The number of anilines is 1. The summed E-state index contributed by atoms with van der Waals surface area (Å²) < 4.78 is 0. The fourth-order valence-corrected chi connectivity index (χ4v) is 2.11. The predicted octanol–water partition coefficient (Wildman–Crippen LogP) is 2.05. The highest BCUT2D eigenvalue weighted by atomic mass is 15.2. The van der Waals surface area contributed by atoms with Gasteiger partial charge in [-0.05, 0) is 19.8 Å². The van der Waals surface area contributed by atoms with Gasteiger partial charge in [-0.25, -0.2) is 9.97 Å². The molecule has 1 saturated carbocycles. The molecule has 0 saturated heterocycles. The first-order valence-corrected chi connectivity index (χ1v) is 6.49. The van der Waals surface area contributed by atoms with Crippen molar-refractivity contribution < 1.29 is 0 Å². The van der Waals surface area contributed by atoms with E-state index in [0.717, 1.165) is 23.8 Å². The van der Waals surface area contributed by atoms with Gasteiger partial charge in [-0.15, -0.1) is 0 Å². The summed E-state index contributed by atoms with van der Waals surface area (Å²) in [5.74, 6) is 1.24. The maximum absolute atomic E-state index is 5.82. The lowest BCUT2D eigenvalue weighted by atomic mass is 10.2. The second-order valence-corrected chi connectivity index (χ2v) is 4.94. The Balaban J connectivity index is 2.32. The lowest BCUT2D eigenvalue weighted by Gasteiger charge is -2.24. The van der Waals surface area contributed by atoms with Crippen LogP contribution in [0.25, 0.3) is 0 Å². The lowest BCUT2D eigenvalue weighted by molar-refractivity contribution is 0.738. The van der Waals surface area contributed by atoms with Gasteiger partial charge in [0.05, 0.1) is 17.6 Å². The maximum Gasteiger partial charge on any atom is 0.131 e. The minimum absolute atomic E-state index is 0.352. The third kappa shape index (κ3) is 2.57. The van der Waals surface area contributed by atoms with Gasteiger partial charge in [0.15, 0.2) is 0 Å². The van der Waals surface area contributed by atoms with Gasteiger partial charge < -0.3 is 10.6 Å². The van der Waals surface area contributed by atoms with Crippen molar-refractivity contribution in [1.82, 2.24) is 9.97 Å². The Kier molecular flexibility index (Phi) is 3.62. The molecule has 4 heteroatoms. The van der Waals surface area contributed by atoms with Gasteiger partial charge in [0.2, 0.25) is 0 Å². The maximum atomic E-state index is 5.82. The van der Waals surface area contributed by atoms with Crippen molar-refractivity contribution in [2.75, 3.05) is 11.4 Å². The van der Waals surface area contributed by atoms with E-state index in [0.29, 0.717) is 18.5 Å². The van der Waals surface area contributed by atoms with Gasteiger partial charge >= 0.3 is 0 Å². The molecular formula is C13H22N4. The zero-order valence-corrected chi connectivity index (χ0v) is 11.0. The molecule has 17 heavy (non-hydrogen) atoms. The molecule has 1 aromatic rings. The first-order chi connectivity index (χ1) is 8.17. The quantitative estimate of drug-likeness (QED) is 0.847. The van der Waals surface area contributed by atoms with Crippen LogP contribution >= 0.6 is 0 Å². The van der Waals surface area contributed by atoms with Crippen LogP contribution in [-0.4, -0.2) is 22.6 Å². The van der Waals surface area contributed by atoms with E-state index >= 15 is 0 Å². The zero-order valence-electron chi connectivity index (χ0n) is 11.0. The summed E-state index contributed by atoms with van der Waals surface area (Å²) in [6, 6.07) is 0.679. The van der Waals surface area contributed by atoms with E-state index < -0.39 is 0 Å². The highest BCUT2D eigenvalue weighted by molar-refractivity contribution is 5.51. The molecule has 94 valence electrons. The summed E-state index contributed by atoms with van der Waals surface area (Å²) in [5.41, 5.74) is 7.93. The van der Waals surface area contributed by atoms with Crippen LogP contribution in [0.3, 0.4) is 0 Å². The minimum Gasteiger partial charge on any atom is -0.366 e. The summed E-state index contributed by atoms with van der Waals surface area (Å²) in [6.45, 7) is 7.87. The monoisotopic (exact) mass is 234 g/mol. The fraction of sp³-hybridized carbons (Fsp3) is 0.692. The Morgan fingerprint density at radius 2 is 2.18 bits per heavy atom. The van der Waals surface area contributed by atoms with Crippen LogP contribution in [0.15, 0.2) is 6.20 Å². The van der Waals surface area contributed by atoms with Crippen LogP contribution < -0.4 is 10.6 Å². The number of hydrogen-bond donors (Lipinski definition) is 1. The Hall–Kier alpha value is -1.16. The Morgan fingerprint density at radius 1 is 1.47 bits per heavy atom. The van der Waals surface area contributed by atoms with Crippen LogP contribution in [0.2, 0.25) is 0 Å². The fourth-order valence-electron chi connectivity index (χ4n) is 2.11. The van der Waals surface area contributed by atoms with Crippen molar-refractivity contribution in [2.45, 2.75) is 52.1 Å². The van der Waals surface area contributed by atoms with Gasteiger partial charge in [0, 0.05) is 25.0 Å². The first kappa shape index (κ1) is 12.3. The van der Waals surface area contributed by atoms with Crippen molar-refractivity contribution in [3.8, 4) is 0 Å². The number of rotatable bonds is 5. The Labute approximate surface area is 103 Å². The Bertz CT molecular complexity index is 385. The Morgan fingerprint density at radius 3 is 2.65 bits per heavy atom. The molecule has 0 unspecified atom stereocenters. The van der Waals surface area contributed by atoms with Gasteiger partial charge in [0.25, 0.3) is 0 Å². The summed E-state index contributed by atoms with van der Waals surface area (Å²) in [6.07, 6.45) is 4.51. The normalized spacial score (nSPS) is 15.4. The van der Waals surface area contributed by atoms with Crippen molar-refractivity contribution in [2.24, 2.45) is 5.73 Å². The van der Waals surface area contributed by atoms with Crippen LogP contribution in [0, 0.1) is 0 Å². The van der Waals surface area contributed by atoms with E-state index in [-0.39, 0.29) is 0 Å². The third-order valence-corrected chi connectivity index (χ3v) is 3.21. The molecule has 2 rings (SSSR count). The number of hydrogen-bond acceptors (Lipinski definition) is 4. The van der Waals surface area contributed by atoms with Crippen LogP contribution in [0.4, 0.5) is 5.69 Å². The van der Waals surface area contributed by atoms with Gasteiger partial charge in [0.1, 0.15) is 5.82 Å². The van der Waals surface area contributed by atoms with E-state index in [9.17, 15) is 0 Å². The predicted molar refractivity (Wildman–Crippen MR) is 70.1 cm³/mol. The number of nitrogens with two attached hydrogens (primary N) is 1. The van der Waals surface area contributed by atoms with Crippen molar-refractivity contribution >= 4 is 5.69 Å². The molecule has 1 aliphatic carbocycles. The van der Waals surface area contributed by atoms with Crippen LogP contribution in [0.1, 0.15) is 51.0 Å². The second kappa shape index (κ2) is 5.00. The standard InChI is InChI=1S/C13H22N4/c1-4-17(10-5-6-10)12-8-15-13(9(2)3)16-11(12)7-14/h8-10H,4-7,14H2,1-3H3. The van der Waals surface area contributed by atoms with Crippen LogP contribution in [0.5, 0.6) is 0 Å². The summed E-state index contributed by atoms with van der Waals surface area (Å²) in [5, 5.41) is 0. The molecule has 1 aliphatic rings. The number of nitrogens with zero attached hydrogens (tertiary/aromatic N) is 3. The molecule has 1 fully saturated rings. The summed E-state index contributed by atoms with van der Waals surface area (Å²) in [7, 11) is 0. The first-order valence-electron chi connectivity index (χ1n) is 6.49. The smallest absolute Gasteiger partial charge is 0.131 e. The zero-order chi connectivity index (χ0) is 12.4. The van der Waals surface area contributed by atoms with Crippen LogP contribution in [-0.2, 0) is 6.54 Å². The largest absolute Gasteiger partial charge is 0.366 e. The summed E-state index contributed by atoms with van der Waals surface area (Å²) in [4.78, 5) is 11.4. The van der Waals surface area contributed by atoms with E-state index in [4.69, 9.17) is 5.73 Å². The van der Waals surface area contributed by atoms with Gasteiger partial charge in [-0.3, -0.25) is 0 Å². The molecule has 0 amide bonds. The molecule has 0 spiro atoms. The molecule has 0 atom stereocenters. The molecule has 0 aliphatic heterocycles. The van der Waals surface area contributed by atoms with Crippen molar-refractivity contribution in [1.29, 1.82) is 0 Å². The van der Waals surface area contributed by atoms with E-state index in [1.165, 1.54) is 12.8 Å². The van der Waals surface area contributed by atoms with Gasteiger partial charge in [-0.2, -0.15) is 0 Å². The van der Waals surface area contributed by atoms with Crippen molar-refractivity contribution in [3.05, 3.63) is 17.7 Å². The highest BCUT2D eigenvalue weighted by Gasteiger charge is 2.29. The van der Waals surface area contributed by atoms with E-state index in [1.807, 2.05) is 6.20 Å². The second-order valence-electron chi connectivity index (χ2n) is 4.94. The average Bonchev–Trinajstić information content (AvgIpc) is 3.14. The van der Waals surface area contributed by atoms with E-state index in [1.54, 1.807) is 0 Å². The minimum atomic E-state index is 0.352. The molecule has 0 radical (unpaired) electrons. The SMILES string of the molecule is CCN(c1cnc(C(C)C)nc1CN)C1CC1. The molecule has 2 N–H and O–H groups in total. The summed E-state index contributed by atoms with van der Waals surface area (Å²) >= 11 is 0. The van der Waals surface area contributed by atoms with Gasteiger partial charge in [-0.1, -0.05) is 13.8 Å². The molecule has 1 aromatic heterocycles. The topological polar surface area (TPSA) is 55.0 Å². The lowest BCUT2D eigenvalue weighted by Crippen LogP contribution is -2.27. The molecule has 4 nitrogen and oxygen atoms in total. The molecule has 1 heterocycles. The molecular weight excluding hydrogens is 212 g/mol. The highest BCUT2D eigenvalue weighted by Crippen LogP contribution is 2.32.